The number of nitrogens with zero attached hydrogens (tertiary/aromatic N) is 1. The Bertz CT molecular complexity index is 709. The van der Waals surface area contributed by atoms with E-state index in [9.17, 15) is 14.4 Å². The summed E-state index contributed by atoms with van der Waals surface area (Å²) in [6.07, 6.45) is 2.51. The molecule has 1 heterocycles. The molecule has 1 aromatic rings. The highest BCUT2D eigenvalue weighted by atomic mass is 16.6. The molecule has 2 rings (SSSR count). The predicted octanol–water partition coefficient (Wildman–Crippen LogP) is 4.24. The minimum absolute atomic E-state index is 0.110. The first-order valence-corrected chi connectivity index (χ1v) is 9.23. The summed E-state index contributed by atoms with van der Waals surface area (Å²) < 4.78 is 11.9. The summed E-state index contributed by atoms with van der Waals surface area (Å²) >= 11 is 0. The molecule has 144 valence electrons. The normalized spacial score (nSPS) is 17.7. The fourth-order valence-corrected chi connectivity index (χ4v) is 3.28. The summed E-state index contributed by atoms with van der Waals surface area (Å²) in [4.78, 5) is 37.9. The van der Waals surface area contributed by atoms with E-state index in [0.717, 1.165) is 6.42 Å². The van der Waals surface area contributed by atoms with Gasteiger partial charge in [-0.2, -0.15) is 0 Å². The molecule has 6 nitrogen and oxygen atoms in total. The third kappa shape index (κ3) is 4.34. The third-order valence-electron chi connectivity index (χ3n) is 4.61. The second-order valence-electron chi connectivity index (χ2n) is 8.11. The number of carbonyl (C=O) groups excluding carboxylic acids is 3. The molecule has 1 atom stereocenters. The highest BCUT2D eigenvalue weighted by molar-refractivity contribution is 6.08. The summed E-state index contributed by atoms with van der Waals surface area (Å²) in [6.45, 7) is 11.4. The van der Waals surface area contributed by atoms with Crippen molar-refractivity contribution in [3.63, 3.8) is 0 Å². The first kappa shape index (κ1) is 20.2. The van der Waals surface area contributed by atoms with Gasteiger partial charge in [0.15, 0.2) is 5.78 Å². The van der Waals surface area contributed by atoms with Gasteiger partial charge in [-0.05, 0) is 52.4 Å². The van der Waals surface area contributed by atoms with Gasteiger partial charge in [0, 0.05) is 18.3 Å². The van der Waals surface area contributed by atoms with Crippen molar-refractivity contribution >= 4 is 17.8 Å². The van der Waals surface area contributed by atoms with Crippen molar-refractivity contribution < 1.29 is 23.9 Å². The summed E-state index contributed by atoms with van der Waals surface area (Å²) in [5.41, 5.74) is 0.350. The molecule has 1 aliphatic carbocycles. The van der Waals surface area contributed by atoms with E-state index in [0.29, 0.717) is 30.0 Å². The average Bonchev–Trinajstić information content (AvgIpc) is 2.80. The van der Waals surface area contributed by atoms with Crippen molar-refractivity contribution in [2.45, 2.75) is 66.4 Å². The molecule has 1 aliphatic rings. The number of hydrogen-bond acceptors (Lipinski definition) is 5. The number of ether oxygens (including phenoxy) is 2. The van der Waals surface area contributed by atoms with Gasteiger partial charge in [0.05, 0.1) is 17.7 Å². The second-order valence-corrected chi connectivity index (χ2v) is 8.11. The van der Waals surface area contributed by atoms with E-state index in [1.807, 2.05) is 0 Å². The van der Waals surface area contributed by atoms with Crippen LogP contribution in [-0.2, 0) is 15.9 Å². The zero-order chi connectivity index (χ0) is 19.6. The third-order valence-corrected chi connectivity index (χ3v) is 4.61. The molecule has 1 aromatic heterocycles. The van der Waals surface area contributed by atoms with Gasteiger partial charge in [0.2, 0.25) is 0 Å². The fraction of sp³-hybridized carbons (Fsp3) is 0.650. The molecule has 0 N–H and O–H groups in total. The molecule has 0 spiro atoms. The lowest BCUT2D eigenvalue weighted by molar-refractivity contribution is 0.0522. The largest absolute Gasteiger partial charge is 0.462 e. The first-order chi connectivity index (χ1) is 12.0. The summed E-state index contributed by atoms with van der Waals surface area (Å²) in [6, 6.07) is 0. The van der Waals surface area contributed by atoms with Gasteiger partial charge in [-0.3, -0.25) is 9.36 Å². The Hall–Kier alpha value is -2.11. The number of Topliss-reactive ketones (excluding diaryl/α,β-unsaturated/α-hetero) is 1. The van der Waals surface area contributed by atoms with E-state index in [4.69, 9.17) is 9.47 Å². The predicted molar refractivity (Wildman–Crippen MR) is 97.6 cm³/mol. The number of ketones is 1. The van der Waals surface area contributed by atoms with E-state index in [1.165, 1.54) is 10.8 Å². The van der Waals surface area contributed by atoms with E-state index in [2.05, 4.69) is 13.8 Å². The van der Waals surface area contributed by atoms with Crippen LogP contribution in [0, 0.1) is 11.8 Å². The standard InChI is InChI=1S/C20H29NO5/c1-7-25-18(23)14-11-21(19(24)26-20(4,5)6)15-9-8-13(12(2)3)10-16(22)17(14)15/h11-13H,7-10H2,1-6H3. The van der Waals surface area contributed by atoms with Gasteiger partial charge >= 0.3 is 12.1 Å². The van der Waals surface area contributed by atoms with Crippen molar-refractivity contribution in [2.75, 3.05) is 6.61 Å². The molecule has 0 saturated heterocycles. The van der Waals surface area contributed by atoms with Crippen molar-refractivity contribution in [3.8, 4) is 0 Å². The van der Waals surface area contributed by atoms with Crippen LogP contribution in [0.2, 0.25) is 0 Å². The summed E-state index contributed by atoms with van der Waals surface area (Å²) in [5.74, 6) is -0.120. The Morgan fingerprint density at radius 1 is 1.31 bits per heavy atom. The van der Waals surface area contributed by atoms with Gasteiger partial charge in [-0.25, -0.2) is 9.59 Å². The van der Waals surface area contributed by atoms with Crippen molar-refractivity contribution in [1.29, 1.82) is 0 Å². The number of aromatic nitrogens is 1. The van der Waals surface area contributed by atoms with Crippen LogP contribution >= 0.6 is 0 Å². The van der Waals surface area contributed by atoms with Crippen LogP contribution in [0.4, 0.5) is 4.79 Å². The molecule has 26 heavy (non-hydrogen) atoms. The molecule has 0 saturated carbocycles. The zero-order valence-corrected chi connectivity index (χ0v) is 16.5. The van der Waals surface area contributed by atoms with E-state index in [-0.39, 0.29) is 23.9 Å². The average molecular weight is 363 g/mol. The van der Waals surface area contributed by atoms with Crippen LogP contribution in [0.15, 0.2) is 6.20 Å². The Labute approximate surface area is 154 Å². The molecule has 0 amide bonds. The molecule has 0 aliphatic heterocycles. The maximum absolute atomic E-state index is 12.9. The van der Waals surface area contributed by atoms with Gasteiger partial charge in [0.25, 0.3) is 0 Å². The monoisotopic (exact) mass is 363 g/mol. The topological polar surface area (TPSA) is 74.6 Å². The molecule has 6 heteroatoms. The molecule has 0 fully saturated rings. The Kier molecular flexibility index (Phi) is 5.94. The lowest BCUT2D eigenvalue weighted by atomic mass is 9.88. The van der Waals surface area contributed by atoms with E-state index in [1.54, 1.807) is 27.7 Å². The van der Waals surface area contributed by atoms with Crippen molar-refractivity contribution in [2.24, 2.45) is 11.8 Å². The molecular formula is C20H29NO5. The van der Waals surface area contributed by atoms with Crippen LogP contribution in [0.25, 0.3) is 0 Å². The summed E-state index contributed by atoms with van der Waals surface area (Å²) in [5, 5.41) is 0. The number of esters is 1. The molecule has 0 aromatic carbocycles. The maximum atomic E-state index is 12.9. The van der Waals surface area contributed by atoms with Crippen LogP contribution in [0.1, 0.15) is 80.8 Å². The van der Waals surface area contributed by atoms with Gasteiger partial charge in [0.1, 0.15) is 5.60 Å². The molecule has 0 radical (unpaired) electrons. The van der Waals surface area contributed by atoms with Gasteiger partial charge in [-0.15, -0.1) is 0 Å². The zero-order valence-electron chi connectivity index (χ0n) is 16.5. The Morgan fingerprint density at radius 2 is 1.96 bits per heavy atom. The Morgan fingerprint density at radius 3 is 2.50 bits per heavy atom. The minimum Gasteiger partial charge on any atom is -0.462 e. The lowest BCUT2D eigenvalue weighted by Gasteiger charge is -2.21. The highest BCUT2D eigenvalue weighted by Crippen LogP contribution is 2.32. The first-order valence-electron chi connectivity index (χ1n) is 9.23. The number of fused-ring (bicyclic) bond motifs is 1. The van der Waals surface area contributed by atoms with E-state index >= 15 is 0 Å². The van der Waals surface area contributed by atoms with Gasteiger partial charge in [-0.1, -0.05) is 13.8 Å². The molecular weight excluding hydrogens is 334 g/mol. The molecule has 0 bridgehead atoms. The quantitative estimate of drug-likeness (QED) is 0.593. The van der Waals surface area contributed by atoms with E-state index < -0.39 is 17.7 Å². The SMILES string of the molecule is CCOC(=O)c1cn(C(=O)OC(C)(C)C)c2c1C(=O)CC(C(C)C)CC2. The minimum atomic E-state index is -0.673. The highest BCUT2D eigenvalue weighted by Gasteiger charge is 2.34. The van der Waals surface area contributed by atoms with Gasteiger partial charge < -0.3 is 9.47 Å². The number of carbonyl (C=O) groups is 3. The number of rotatable bonds is 3. The van der Waals surface area contributed by atoms with Crippen LogP contribution < -0.4 is 0 Å². The van der Waals surface area contributed by atoms with Crippen LogP contribution in [0.5, 0.6) is 0 Å². The van der Waals surface area contributed by atoms with Crippen LogP contribution in [0.3, 0.4) is 0 Å². The summed E-state index contributed by atoms with van der Waals surface area (Å²) in [7, 11) is 0. The lowest BCUT2D eigenvalue weighted by Crippen LogP contribution is -2.28. The maximum Gasteiger partial charge on any atom is 0.418 e. The smallest absolute Gasteiger partial charge is 0.418 e. The second kappa shape index (κ2) is 7.64. The number of hydrogen-bond donors (Lipinski definition) is 0. The van der Waals surface area contributed by atoms with Crippen molar-refractivity contribution in [1.82, 2.24) is 4.57 Å². The molecule has 1 unspecified atom stereocenters. The van der Waals surface area contributed by atoms with Crippen molar-refractivity contribution in [3.05, 3.63) is 23.0 Å². The Balaban J connectivity index is 2.52. The van der Waals surface area contributed by atoms with Crippen LogP contribution in [-0.4, -0.2) is 34.6 Å². The fourth-order valence-electron chi connectivity index (χ4n) is 3.28.